The van der Waals surface area contributed by atoms with Crippen molar-refractivity contribution in [1.82, 2.24) is 0 Å². The first-order chi connectivity index (χ1) is 13.1. The number of allylic oxidation sites excluding steroid dienone is 3. The van der Waals surface area contributed by atoms with Crippen LogP contribution in [-0.4, -0.2) is 5.78 Å². The van der Waals surface area contributed by atoms with E-state index in [1.807, 2.05) is 54.6 Å². The Labute approximate surface area is 166 Å². The summed E-state index contributed by atoms with van der Waals surface area (Å²) in [5.41, 5.74) is 8.89. The second-order valence-corrected chi connectivity index (χ2v) is 7.67. The van der Waals surface area contributed by atoms with Crippen LogP contribution >= 0.6 is 15.9 Å². The minimum absolute atomic E-state index is 0.0123. The van der Waals surface area contributed by atoms with Gasteiger partial charge in [0.2, 0.25) is 5.88 Å². The fraction of sp³-hybridized carbons (Fsp3) is 0.182. The fourth-order valence-corrected chi connectivity index (χ4v) is 4.12. The van der Waals surface area contributed by atoms with Crippen LogP contribution in [0.2, 0.25) is 0 Å². The van der Waals surface area contributed by atoms with Crippen molar-refractivity contribution in [3.05, 3.63) is 93.0 Å². The van der Waals surface area contributed by atoms with E-state index in [0.29, 0.717) is 29.7 Å². The van der Waals surface area contributed by atoms with Gasteiger partial charge < -0.3 is 10.5 Å². The second kappa shape index (κ2) is 7.05. The van der Waals surface area contributed by atoms with E-state index >= 15 is 0 Å². The summed E-state index contributed by atoms with van der Waals surface area (Å²) in [6.45, 7) is 0. The fourth-order valence-electron chi connectivity index (χ4n) is 3.86. The number of Topliss-reactive ketones (excluding diaryl/α,β-unsaturated/α-hetero) is 1. The van der Waals surface area contributed by atoms with Crippen molar-refractivity contribution in [2.45, 2.75) is 24.7 Å². The number of nitriles is 1. The Morgan fingerprint density at radius 2 is 1.74 bits per heavy atom. The normalized spacial score (nSPS) is 22.1. The Morgan fingerprint density at radius 1 is 1.04 bits per heavy atom. The molecule has 0 spiro atoms. The first kappa shape index (κ1) is 17.6. The molecule has 0 fully saturated rings. The summed E-state index contributed by atoms with van der Waals surface area (Å²) in [5.74, 6) is 0.268. The van der Waals surface area contributed by atoms with Crippen molar-refractivity contribution < 1.29 is 9.53 Å². The van der Waals surface area contributed by atoms with Gasteiger partial charge in [0, 0.05) is 22.9 Å². The first-order valence-electron chi connectivity index (χ1n) is 8.72. The Hall–Kier alpha value is -2.84. The molecule has 1 heterocycles. The third-order valence-corrected chi connectivity index (χ3v) is 5.66. The molecule has 4 nitrogen and oxygen atoms in total. The van der Waals surface area contributed by atoms with Crippen LogP contribution in [-0.2, 0) is 9.53 Å². The van der Waals surface area contributed by atoms with E-state index in [1.165, 1.54) is 0 Å². The molecule has 0 amide bonds. The van der Waals surface area contributed by atoms with Gasteiger partial charge in [0.15, 0.2) is 5.78 Å². The molecule has 27 heavy (non-hydrogen) atoms. The Morgan fingerprint density at radius 3 is 2.41 bits per heavy atom. The molecule has 0 unspecified atom stereocenters. The average Bonchev–Trinajstić information content (AvgIpc) is 2.68. The van der Waals surface area contributed by atoms with Gasteiger partial charge in [-0.25, -0.2) is 0 Å². The van der Waals surface area contributed by atoms with E-state index in [4.69, 9.17) is 10.5 Å². The summed E-state index contributed by atoms with van der Waals surface area (Å²) in [6, 6.07) is 19.7. The lowest BCUT2D eigenvalue weighted by Gasteiger charge is -2.34. The number of ether oxygens (including phenoxy) is 1. The zero-order chi connectivity index (χ0) is 19.0. The van der Waals surface area contributed by atoms with Gasteiger partial charge in [-0.1, -0.05) is 58.4 Å². The average molecular weight is 421 g/mol. The number of benzene rings is 2. The highest BCUT2D eigenvalue weighted by atomic mass is 79.9. The van der Waals surface area contributed by atoms with Crippen molar-refractivity contribution in [3.8, 4) is 6.07 Å². The van der Waals surface area contributed by atoms with Crippen LogP contribution in [0.5, 0.6) is 0 Å². The maximum atomic E-state index is 13.1. The Bertz CT molecular complexity index is 1000. The number of ketones is 1. The molecule has 1 aliphatic carbocycles. The number of carbonyl (C=O) groups excluding carboxylic acids is 1. The van der Waals surface area contributed by atoms with Gasteiger partial charge in [0.1, 0.15) is 17.4 Å². The molecular weight excluding hydrogens is 404 g/mol. The van der Waals surface area contributed by atoms with Crippen LogP contribution in [0.25, 0.3) is 0 Å². The van der Waals surface area contributed by atoms with Gasteiger partial charge in [-0.05, 0) is 29.2 Å². The second-order valence-electron chi connectivity index (χ2n) is 6.75. The molecule has 2 aliphatic rings. The van der Waals surface area contributed by atoms with Crippen LogP contribution in [0, 0.1) is 11.3 Å². The molecule has 4 rings (SSSR count). The lowest BCUT2D eigenvalue weighted by atomic mass is 9.74. The van der Waals surface area contributed by atoms with E-state index in [0.717, 1.165) is 15.6 Å². The molecular formula is C22H17BrN2O2. The Kier molecular flexibility index (Phi) is 4.59. The van der Waals surface area contributed by atoms with Gasteiger partial charge in [-0.2, -0.15) is 5.26 Å². The quantitative estimate of drug-likeness (QED) is 0.766. The number of halogens is 1. The third-order valence-electron chi connectivity index (χ3n) is 5.14. The van der Waals surface area contributed by atoms with E-state index in [1.54, 1.807) is 0 Å². The number of nitrogens with two attached hydrogens (primary N) is 1. The topological polar surface area (TPSA) is 76.1 Å². The maximum Gasteiger partial charge on any atom is 0.205 e. The first-order valence-corrected chi connectivity index (χ1v) is 9.52. The smallest absolute Gasteiger partial charge is 0.205 e. The summed E-state index contributed by atoms with van der Waals surface area (Å²) in [6.07, 6.45) is 0.995. The van der Waals surface area contributed by atoms with Gasteiger partial charge in [-0.3, -0.25) is 4.79 Å². The molecule has 0 bridgehead atoms. The predicted octanol–water partition coefficient (Wildman–Crippen LogP) is 4.66. The van der Waals surface area contributed by atoms with Crippen molar-refractivity contribution in [3.63, 3.8) is 0 Å². The van der Waals surface area contributed by atoms with Crippen LogP contribution in [0.1, 0.15) is 35.8 Å². The number of carbonyl (C=O) groups is 1. The van der Waals surface area contributed by atoms with Crippen molar-refractivity contribution in [1.29, 1.82) is 5.26 Å². The highest BCUT2D eigenvalue weighted by molar-refractivity contribution is 9.10. The number of hydrogen-bond donors (Lipinski definition) is 1. The molecule has 0 saturated carbocycles. The van der Waals surface area contributed by atoms with Crippen molar-refractivity contribution >= 4 is 21.7 Å². The minimum atomic E-state index is -0.476. The van der Waals surface area contributed by atoms with E-state index in [2.05, 4.69) is 22.0 Å². The molecule has 2 N–H and O–H groups in total. The molecule has 2 aromatic carbocycles. The zero-order valence-electron chi connectivity index (χ0n) is 14.5. The standard InChI is InChI=1S/C22H17BrN2O2/c23-16-8-6-14(7-9-16)20-17(12-24)22(25)27-19-11-15(10-18(26)21(19)20)13-4-2-1-3-5-13/h1-9,15,20H,10-11,25H2/t15-,20+/m0/s1. The third kappa shape index (κ3) is 3.17. The van der Waals surface area contributed by atoms with E-state index in [-0.39, 0.29) is 17.6 Å². The Balaban J connectivity index is 1.79. The van der Waals surface area contributed by atoms with Crippen molar-refractivity contribution in [2.24, 2.45) is 5.73 Å². The largest absolute Gasteiger partial charge is 0.444 e. The molecule has 2 atom stereocenters. The highest BCUT2D eigenvalue weighted by Crippen LogP contribution is 2.46. The zero-order valence-corrected chi connectivity index (χ0v) is 16.1. The molecule has 0 radical (unpaired) electrons. The van der Waals surface area contributed by atoms with Crippen LogP contribution < -0.4 is 5.73 Å². The van der Waals surface area contributed by atoms with Gasteiger partial charge in [0.25, 0.3) is 0 Å². The summed E-state index contributed by atoms with van der Waals surface area (Å²) < 4.78 is 6.71. The molecule has 5 heteroatoms. The maximum absolute atomic E-state index is 13.1. The summed E-state index contributed by atoms with van der Waals surface area (Å²) in [4.78, 5) is 13.1. The minimum Gasteiger partial charge on any atom is -0.444 e. The number of rotatable bonds is 2. The summed E-state index contributed by atoms with van der Waals surface area (Å²) in [7, 11) is 0. The van der Waals surface area contributed by atoms with Crippen LogP contribution in [0.3, 0.4) is 0 Å². The molecule has 1 aliphatic heterocycles. The van der Waals surface area contributed by atoms with Crippen LogP contribution in [0.4, 0.5) is 0 Å². The predicted molar refractivity (Wildman–Crippen MR) is 105 cm³/mol. The molecule has 2 aromatic rings. The number of hydrogen-bond acceptors (Lipinski definition) is 4. The molecule has 0 saturated heterocycles. The van der Waals surface area contributed by atoms with Crippen molar-refractivity contribution in [2.75, 3.05) is 0 Å². The highest BCUT2D eigenvalue weighted by Gasteiger charge is 2.40. The van der Waals surface area contributed by atoms with Gasteiger partial charge >= 0.3 is 0 Å². The lowest BCUT2D eigenvalue weighted by Crippen LogP contribution is -2.29. The summed E-state index contributed by atoms with van der Waals surface area (Å²) >= 11 is 3.42. The van der Waals surface area contributed by atoms with Gasteiger partial charge in [0.05, 0.1) is 5.92 Å². The lowest BCUT2D eigenvalue weighted by molar-refractivity contribution is -0.117. The molecule has 134 valence electrons. The van der Waals surface area contributed by atoms with Crippen LogP contribution in [0.15, 0.2) is 81.9 Å². The number of nitrogens with zero attached hydrogens (tertiary/aromatic N) is 1. The molecule has 0 aromatic heterocycles. The SMILES string of the molecule is N#CC1=C(N)OC2=C(C(=O)C[C@H](c3ccccc3)C2)[C@@H]1c1ccc(Br)cc1. The van der Waals surface area contributed by atoms with E-state index < -0.39 is 5.92 Å². The van der Waals surface area contributed by atoms with E-state index in [9.17, 15) is 10.1 Å². The summed E-state index contributed by atoms with van der Waals surface area (Å²) in [5, 5.41) is 9.64. The monoisotopic (exact) mass is 420 g/mol. The van der Waals surface area contributed by atoms with Gasteiger partial charge in [-0.15, -0.1) is 0 Å².